The van der Waals surface area contributed by atoms with Crippen LogP contribution in [-0.2, 0) is 20.4 Å². The highest BCUT2D eigenvalue weighted by atomic mass is 32.2. The lowest BCUT2D eigenvalue weighted by Crippen LogP contribution is -2.41. The number of rotatable bonds is 3. The van der Waals surface area contributed by atoms with E-state index < -0.39 is 15.6 Å². The van der Waals surface area contributed by atoms with Crippen LogP contribution >= 0.6 is 0 Å². The topological polar surface area (TPSA) is 49.9 Å². The molecule has 5 heteroatoms. The van der Waals surface area contributed by atoms with Gasteiger partial charge in [-0.25, -0.2) is 8.42 Å². The van der Waals surface area contributed by atoms with Crippen molar-refractivity contribution in [2.45, 2.75) is 36.5 Å². The number of fused-ring (bicyclic) bond motifs is 1. The van der Waals surface area contributed by atoms with E-state index in [1.807, 2.05) is 56.3 Å². The summed E-state index contributed by atoms with van der Waals surface area (Å²) in [6, 6.07) is 16.7. The van der Waals surface area contributed by atoms with Gasteiger partial charge in [0.25, 0.3) is 0 Å². The Morgan fingerprint density at radius 2 is 1.74 bits per heavy atom. The van der Waals surface area contributed by atoms with Crippen LogP contribution in [0, 0.1) is 6.92 Å². The molecule has 3 atom stereocenters. The Bertz CT molecular complexity index is 832. The molecular weight excluding hydrogens is 310 g/mol. The summed E-state index contributed by atoms with van der Waals surface area (Å²) in [5.41, 5.74) is 1.61. The van der Waals surface area contributed by atoms with Gasteiger partial charge in [0, 0.05) is 6.54 Å². The zero-order valence-corrected chi connectivity index (χ0v) is 14.0. The summed E-state index contributed by atoms with van der Waals surface area (Å²) in [6.45, 7) is 4.29. The van der Waals surface area contributed by atoms with Crippen molar-refractivity contribution < 1.29 is 13.2 Å². The average molecular weight is 329 g/mol. The van der Waals surface area contributed by atoms with Crippen molar-refractivity contribution in [3.8, 4) is 0 Å². The lowest BCUT2D eigenvalue weighted by Gasteiger charge is -2.27. The maximum absolute atomic E-state index is 13.0. The molecule has 0 spiro atoms. The van der Waals surface area contributed by atoms with Crippen molar-refractivity contribution in [2.75, 3.05) is 6.54 Å². The van der Waals surface area contributed by atoms with Gasteiger partial charge in [-0.3, -0.25) is 0 Å². The Morgan fingerprint density at radius 3 is 2.39 bits per heavy atom. The summed E-state index contributed by atoms with van der Waals surface area (Å²) in [5.74, 6) is 0. The Morgan fingerprint density at radius 1 is 1.09 bits per heavy atom. The van der Waals surface area contributed by atoms with Crippen LogP contribution < -0.4 is 0 Å². The molecule has 0 unspecified atom stereocenters. The van der Waals surface area contributed by atoms with Gasteiger partial charge in [-0.05, 0) is 31.5 Å². The van der Waals surface area contributed by atoms with Gasteiger partial charge in [0.1, 0.15) is 11.7 Å². The number of epoxide rings is 1. The molecule has 0 radical (unpaired) electrons. The third-order valence-electron chi connectivity index (χ3n) is 5.01. The molecule has 0 bridgehead atoms. The van der Waals surface area contributed by atoms with Crippen molar-refractivity contribution in [1.82, 2.24) is 4.31 Å². The predicted molar refractivity (Wildman–Crippen MR) is 87.5 cm³/mol. The number of ether oxygens (including phenoxy) is 1. The van der Waals surface area contributed by atoms with Crippen LogP contribution in [-0.4, -0.2) is 31.4 Å². The fourth-order valence-electron chi connectivity index (χ4n) is 3.62. The van der Waals surface area contributed by atoms with Crippen molar-refractivity contribution in [3.05, 3.63) is 65.7 Å². The fourth-order valence-corrected chi connectivity index (χ4v) is 5.28. The summed E-state index contributed by atoms with van der Waals surface area (Å²) in [5, 5.41) is 0. The van der Waals surface area contributed by atoms with Crippen LogP contribution in [0.3, 0.4) is 0 Å². The zero-order chi connectivity index (χ0) is 16.2. The molecule has 0 N–H and O–H groups in total. The summed E-state index contributed by atoms with van der Waals surface area (Å²) in [4.78, 5) is 0.347. The second-order valence-corrected chi connectivity index (χ2v) is 8.22. The first-order valence-electron chi connectivity index (χ1n) is 7.78. The molecule has 2 heterocycles. The number of hydrogen-bond acceptors (Lipinski definition) is 3. The van der Waals surface area contributed by atoms with E-state index in [4.69, 9.17) is 4.74 Å². The van der Waals surface area contributed by atoms with Crippen LogP contribution in [0.15, 0.2) is 59.5 Å². The van der Waals surface area contributed by atoms with Gasteiger partial charge < -0.3 is 4.74 Å². The van der Waals surface area contributed by atoms with Crippen molar-refractivity contribution >= 4 is 10.0 Å². The molecule has 2 aliphatic heterocycles. The molecule has 0 aliphatic carbocycles. The minimum Gasteiger partial charge on any atom is -0.358 e. The molecule has 2 saturated heterocycles. The van der Waals surface area contributed by atoms with E-state index in [-0.39, 0.29) is 12.1 Å². The second-order valence-electron chi connectivity index (χ2n) is 6.33. The Labute approximate surface area is 136 Å². The van der Waals surface area contributed by atoms with E-state index in [2.05, 4.69) is 0 Å². The van der Waals surface area contributed by atoms with Crippen molar-refractivity contribution in [2.24, 2.45) is 0 Å². The van der Waals surface area contributed by atoms with Gasteiger partial charge in [0.05, 0.1) is 10.9 Å². The first-order chi connectivity index (χ1) is 11.0. The zero-order valence-electron chi connectivity index (χ0n) is 13.1. The highest BCUT2D eigenvalue weighted by Crippen LogP contribution is 2.56. The van der Waals surface area contributed by atoms with Crippen LogP contribution in [0.2, 0.25) is 0 Å². The van der Waals surface area contributed by atoms with Crippen LogP contribution in [0.4, 0.5) is 0 Å². The first-order valence-corrected chi connectivity index (χ1v) is 9.22. The van der Waals surface area contributed by atoms with Gasteiger partial charge in [-0.15, -0.1) is 0 Å². The van der Waals surface area contributed by atoms with Crippen molar-refractivity contribution in [1.29, 1.82) is 0 Å². The fraction of sp³-hybridized carbons (Fsp3) is 0.333. The van der Waals surface area contributed by atoms with Crippen LogP contribution in [0.5, 0.6) is 0 Å². The number of sulfonamides is 1. The molecule has 2 fully saturated rings. The molecule has 23 heavy (non-hydrogen) atoms. The molecule has 0 saturated carbocycles. The van der Waals surface area contributed by atoms with Gasteiger partial charge >= 0.3 is 0 Å². The standard InChI is InChI=1S/C18H19NO3S/c1-13-8-10-16(11-9-13)23(20,21)19-12-17-18(22-17,14(19)2)15-6-4-3-5-7-15/h3-11,14,17H,12H2,1-2H3/t14-,17-,18-/m1/s1. The van der Waals surface area contributed by atoms with Gasteiger partial charge in [0.15, 0.2) is 0 Å². The lowest BCUT2D eigenvalue weighted by atomic mass is 9.92. The number of hydrogen-bond donors (Lipinski definition) is 0. The van der Waals surface area contributed by atoms with E-state index in [0.29, 0.717) is 11.4 Å². The quantitative estimate of drug-likeness (QED) is 0.814. The second kappa shape index (κ2) is 4.90. The smallest absolute Gasteiger partial charge is 0.243 e. The monoisotopic (exact) mass is 329 g/mol. The largest absolute Gasteiger partial charge is 0.358 e. The average Bonchev–Trinajstić information content (AvgIpc) is 3.21. The van der Waals surface area contributed by atoms with Crippen LogP contribution in [0.1, 0.15) is 18.1 Å². The molecular formula is C18H19NO3S. The number of benzene rings is 2. The summed E-state index contributed by atoms with van der Waals surface area (Å²) in [6.07, 6.45) is -0.0554. The molecule has 0 aromatic heterocycles. The Balaban J connectivity index is 1.69. The Hall–Kier alpha value is -1.69. The van der Waals surface area contributed by atoms with Crippen molar-refractivity contribution in [3.63, 3.8) is 0 Å². The SMILES string of the molecule is Cc1ccc(S(=O)(=O)N2C[C@H]3O[C@@]3(c3ccccc3)[C@H]2C)cc1. The molecule has 2 aliphatic rings. The summed E-state index contributed by atoms with van der Waals surface area (Å²) < 4.78 is 33.4. The normalized spacial score (nSPS) is 30.2. The maximum atomic E-state index is 13.0. The molecule has 120 valence electrons. The maximum Gasteiger partial charge on any atom is 0.243 e. The van der Waals surface area contributed by atoms with E-state index in [0.717, 1.165) is 11.1 Å². The molecule has 2 aromatic carbocycles. The molecule has 0 amide bonds. The van der Waals surface area contributed by atoms with Gasteiger partial charge in [-0.2, -0.15) is 4.31 Å². The highest BCUT2D eigenvalue weighted by molar-refractivity contribution is 7.89. The van der Waals surface area contributed by atoms with E-state index in [9.17, 15) is 8.42 Å². The summed E-state index contributed by atoms with van der Waals surface area (Å²) in [7, 11) is -3.50. The number of aryl methyl sites for hydroxylation is 1. The van der Waals surface area contributed by atoms with Gasteiger partial charge in [0.2, 0.25) is 10.0 Å². The van der Waals surface area contributed by atoms with E-state index in [1.165, 1.54) is 0 Å². The Kier molecular flexibility index (Phi) is 3.17. The minimum absolute atomic E-state index is 0.0554. The minimum atomic E-state index is -3.50. The number of morpholine rings is 1. The molecule has 4 nitrogen and oxygen atoms in total. The molecule has 2 aromatic rings. The van der Waals surface area contributed by atoms with E-state index >= 15 is 0 Å². The van der Waals surface area contributed by atoms with Gasteiger partial charge in [-0.1, -0.05) is 48.0 Å². The lowest BCUT2D eigenvalue weighted by molar-refractivity contribution is 0.165. The number of nitrogens with zero attached hydrogens (tertiary/aromatic N) is 1. The third kappa shape index (κ3) is 2.07. The predicted octanol–water partition coefficient (Wildman–Crippen LogP) is 2.68. The third-order valence-corrected chi connectivity index (χ3v) is 6.96. The molecule has 4 rings (SSSR count). The van der Waals surface area contributed by atoms with E-state index in [1.54, 1.807) is 16.4 Å². The van der Waals surface area contributed by atoms with Crippen LogP contribution in [0.25, 0.3) is 0 Å². The summed E-state index contributed by atoms with van der Waals surface area (Å²) >= 11 is 0. The highest BCUT2D eigenvalue weighted by Gasteiger charge is 2.69. The first kappa shape index (κ1) is 14.9.